The Kier molecular flexibility index (Phi) is 3.88. The smallest absolute Gasteiger partial charge is 0.224 e. The lowest BCUT2D eigenvalue weighted by Gasteiger charge is -2.03. The third-order valence-electron chi connectivity index (χ3n) is 1.87. The molecule has 0 spiro atoms. The maximum atomic E-state index is 5.72. The summed E-state index contributed by atoms with van der Waals surface area (Å²) in [6.07, 6.45) is 1.62. The molecule has 2 N–H and O–H groups in total. The highest BCUT2D eigenvalue weighted by molar-refractivity contribution is 6.28. The lowest BCUT2D eigenvalue weighted by atomic mass is 10.1. The molecule has 0 aliphatic rings. The predicted molar refractivity (Wildman–Crippen MR) is 64.1 cm³/mol. The monoisotopic (exact) mass is 241 g/mol. The van der Waals surface area contributed by atoms with Crippen molar-refractivity contribution in [3.63, 3.8) is 0 Å². The van der Waals surface area contributed by atoms with E-state index in [0.717, 1.165) is 11.1 Å². The second-order valence-electron chi connectivity index (χ2n) is 2.80. The lowest BCUT2D eigenvalue weighted by molar-refractivity contribution is 1.18. The van der Waals surface area contributed by atoms with E-state index in [-0.39, 0.29) is 17.7 Å². The minimum Gasteiger partial charge on any atom is -0.383 e. The summed E-state index contributed by atoms with van der Waals surface area (Å²) < 4.78 is 0. The fraction of sp³-hybridized carbons (Fsp3) is 0. The van der Waals surface area contributed by atoms with Gasteiger partial charge in [0.15, 0.2) is 0 Å². The first-order valence-corrected chi connectivity index (χ1v) is 4.48. The summed E-state index contributed by atoms with van der Waals surface area (Å²) in [5, 5.41) is 0.169. The van der Waals surface area contributed by atoms with E-state index in [9.17, 15) is 0 Å². The number of hydrogen-bond donors (Lipinski definition) is 1. The topological polar surface area (TPSA) is 51.8 Å². The first-order valence-electron chi connectivity index (χ1n) is 4.11. The van der Waals surface area contributed by atoms with Crippen LogP contribution in [0.1, 0.15) is 0 Å². The minimum atomic E-state index is 0. The SMILES string of the molecule is Cl.Nc1nc(Cl)ncc1-c1ccccc1. The molecule has 2 rings (SSSR count). The zero-order valence-electron chi connectivity index (χ0n) is 7.72. The summed E-state index contributed by atoms with van der Waals surface area (Å²) in [6.45, 7) is 0. The molecule has 0 unspecified atom stereocenters. The number of anilines is 1. The molecule has 1 heterocycles. The van der Waals surface area contributed by atoms with Crippen LogP contribution < -0.4 is 5.73 Å². The molecule has 1 aromatic carbocycles. The zero-order chi connectivity index (χ0) is 9.97. The molecule has 0 aliphatic carbocycles. The second kappa shape index (κ2) is 4.96. The Bertz CT molecular complexity index is 446. The van der Waals surface area contributed by atoms with Gasteiger partial charge in [-0.1, -0.05) is 30.3 Å². The number of aromatic nitrogens is 2. The molecule has 0 aliphatic heterocycles. The Hall–Kier alpha value is -1.32. The van der Waals surface area contributed by atoms with E-state index in [4.69, 9.17) is 17.3 Å². The zero-order valence-corrected chi connectivity index (χ0v) is 9.29. The van der Waals surface area contributed by atoms with E-state index in [0.29, 0.717) is 5.82 Å². The molecule has 0 radical (unpaired) electrons. The fourth-order valence-corrected chi connectivity index (χ4v) is 1.35. The van der Waals surface area contributed by atoms with Crippen molar-refractivity contribution < 1.29 is 0 Å². The summed E-state index contributed by atoms with van der Waals surface area (Å²) in [5.74, 6) is 0.399. The Balaban J connectivity index is 0.00000112. The van der Waals surface area contributed by atoms with Crippen LogP contribution in [0.25, 0.3) is 11.1 Å². The Morgan fingerprint density at radius 1 is 1.13 bits per heavy atom. The molecule has 0 amide bonds. The van der Waals surface area contributed by atoms with E-state index in [2.05, 4.69) is 9.97 Å². The fourth-order valence-electron chi connectivity index (χ4n) is 1.21. The number of nitrogen functional groups attached to an aromatic ring is 1. The van der Waals surface area contributed by atoms with Crippen molar-refractivity contribution in [1.82, 2.24) is 9.97 Å². The largest absolute Gasteiger partial charge is 0.383 e. The lowest BCUT2D eigenvalue weighted by Crippen LogP contribution is -1.95. The third-order valence-corrected chi connectivity index (χ3v) is 2.06. The quantitative estimate of drug-likeness (QED) is 0.782. The molecule has 2 aromatic rings. The van der Waals surface area contributed by atoms with Gasteiger partial charge in [-0.3, -0.25) is 0 Å². The summed E-state index contributed by atoms with van der Waals surface area (Å²) in [7, 11) is 0. The van der Waals surface area contributed by atoms with E-state index >= 15 is 0 Å². The van der Waals surface area contributed by atoms with Gasteiger partial charge in [-0.25, -0.2) is 9.97 Å². The normalized spacial score (nSPS) is 9.40. The molecule has 0 atom stereocenters. The standard InChI is InChI=1S/C10H8ClN3.ClH/c11-10-13-6-8(9(12)14-10)7-4-2-1-3-5-7;/h1-6H,(H2,12,13,14);1H. The molecule has 3 nitrogen and oxygen atoms in total. The van der Waals surface area contributed by atoms with Crippen molar-refractivity contribution in [3.8, 4) is 11.1 Å². The van der Waals surface area contributed by atoms with Crippen LogP contribution in [-0.2, 0) is 0 Å². The van der Waals surface area contributed by atoms with E-state index in [1.807, 2.05) is 30.3 Å². The highest BCUT2D eigenvalue weighted by Gasteiger charge is 2.04. The molecule has 0 saturated heterocycles. The van der Waals surface area contributed by atoms with Gasteiger partial charge in [-0.2, -0.15) is 0 Å². The summed E-state index contributed by atoms with van der Waals surface area (Å²) in [6, 6.07) is 9.70. The van der Waals surface area contributed by atoms with Gasteiger partial charge in [0, 0.05) is 11.8 Å². The maximum Gasteiger partial charge on any atom is 0.224 e. The van der Waals surface area contributed by atoms with E-state index in [1.54, 1.807) is 6.20 Å². The average Bonchev–Trinajstić information content (AvgIpc) is 2.19. The molecule has 0 bridgehead atoms. The molecular formula is C10H9Cl2N3. The Morgan fingerprint density at radius 3 is 2.40 bits per heavy atom. The summed E-state index contributed by atoms with van der Waals surface area (Å²) >= 11 is 5.60. The van der Waals surface area contributed by atoms with Crippen LogP contribution in [-0.4, -0.2) is 9.97 Å². The van der Waals surface area contributed by atoms with Gasteiger partial charge >= 0.3 is 0 Å². The number of hydrogen-bond acceptors (Lipinski definition) is 3. The second-order valence-corrected chi connectivity index (χ2v) is 3.14. The maximum absolute atomic E-state index is 5.72. The summed E-state index contributed by atoms with van der Waals surface area (Å²) in [5.41, 5.74) is 7.51. The molecule has 15 heavy (non-hydrogen) atoms. The van der Waals surface area contributed by atoms with Crippen LogP contribution in [0.3, 0.4) is 0 Å². The van der Waals surface area contributed by atoms with Gasteiger partial charge in [0.05, 0.1) is 0 Å². The molecule has 0 fully saturated rings. The highest BCUT2D eigenvalue weighted by Crippen LogP contribution is 2.23. The van der Waals surface area contributed by atoms with Crippen LogP contribution in [0.2, 0.25) is 5.28 Å². The van der Waals surface area contributed by atoms with Crippen LogP contribution in [0.4, 0.5) is 5.82 Å². The molecular weight excluding hydrogens is 233 g/mol. The van der Waals surface area contributed by atoms with Crippen LogP contribution >= 0.6 is 24.0 Å². The number of nitrogens with zero attached hydrogens (tertiary/aromatic N) is 2. The van der Waals surface area contributed by atoms with Gasteiger partial charge in [0.2, 0.25) is 5.28 Å². The first kappa shape index (κ1) is 11.8. The van der Waals surface area contributed by atoms with Crippen molar-refractivity contribution in [2.24, 2.45) is 0 Å². The van der Waals surface area contributed by atoms with Crippen molar-refractivity contribution >= 4 is 29.8 Å². The molecule has 5 heteroatoms. The molecule has 78 valence electrons. The van der Waals surface area contributed by atoms with Crippen LogP contribution in [0.5, 0.6) is 0 Å². The molecule has 0 saturated carbocycles. The van der Waals surface area contributed by atoms with Crippen molar-refractivity contribution in [1.29, 1.82) is 0 Å². The Labute approximate surface area is 98.7 Å². The van der Waals surface area contributed by atoms with Crippen LogP contribution in [0, 0.1) is 0 Å². The average molecular weight is 242 g/mol. The first-order chi connectivity index (χ1) is 6.77. The molecule has 1 aromatic heterocycles. The van der Waals surface area contributed by atoms with Gasteiger partial charge < -0.3 is 5.73 Å². The van der Waals surface area contributed by atoms with Crippen molar-refractivity contribution in [3.05, 3.63) is 41.8 Å². The summed E-state index contributed by atoms with van der Waals surface area (Å²) in [4.78, 5) is 7.77. The minimum absolute atomic E-state index is 0. The number of benzene rings is 1. The van der Waals surface area contributed by atoms with E-state index < -0.39 is 0 Å². The third kappa shape index (κ3) is 2.58. The van der Waals surface area contributed by atoms with Gasteiger partial charge in [0.1, 0.15) is 5.82 Å². The number of nitrogens with two attached hydrogens (primary N) is 1. The van der Waals surface area contributed by atoms with E-state index in [1.165, 1.54) is 0 Å². The number of rotatable bonds is 1. The van der Waals surface area contributed by atoms with Gasteiger partial charge in [-0.15, -0.1) is 12.4 Å². The highest BCUT2D eigenvalue weighted by atomic mass is 35.5. The van der Waals surface area contributed by atoms with Crippen LogP contribution in [0.15, 0.2) is 36.5 Å². The van der Waals surface area contributed by atoms with Crippen molar-refractivity contribution in [2.75, 3.05) is 5.73 Å². The predicted octanol–water partition coefficient (Wildman–Crippen LogP) is 2.80. The van der Waals surface area contributed by atoms with Crippen molar-refractivity contribution in [2.45, 2.75) is 0 Å². The Morgan fingerprint density at radius 2 is 1.80 bits per heavy atom. The number of halogens is 2. The van der Waals surface area contributed by atoms with Gasteiger partial charge in [0.25, 0.3) is 0 Å². The van der Waals surface area contributed by atoms with Gasteiger partial charge in [-0.05, 0) is 17.2 Å².